The van der Waals surface area contributed by atoms with Gasteiger partial charge in [-0.25, -0.2) is 13.8 Å². The molecular weight excluding hydrogens is 498 g/mol. The van der Waals surface area contributed by atoms with Gasteiger partial charge in [-0.15, -0.1) is 0 Å². The molecule has 0 radical (unpaired) electrons. The van der Waals surface area contributed by atoms with Gasteiger partial charge in [0.05, 0.1) is 23.5 Å². The average Bonchev–Trinajstić information content (AvgIpc) is 2.95. The first kappa shape index (κ1) is 24.2. The second-order valence-electron chi connectivity index (χ2n) is 9.05. The Morgan fingerprint density at radius 3 is 2.54 bits per heavy atom. The Hall–Kier alpha value is -5.11. The van der Waals surface area contributed by atoms with Crippen LogP contribution in [0.1, 0.15) is 11.1 Å². The standard InChI is InChI=1S/C31H22F2N4O2/c1-39-21-8-9-22-18(10-12-34-28(22)16-21)14-19-6-7-20(15-26(19)33)37-31-29-27(11-13-35-31)36-17-24(30(29)38)23-4-2-3-5-25(23)32/h2-13,15-17H,14H2,1H3,(H,35,37)(H,36,38). The average molecular weight is 521 g/mol. The van der Waals surface area contributed by atoms with Crippen LogP contribution in [0.5, 0.6) is 5.75 Å². The molecular formula is C31H22F2N4O2. The molecule has 6 rings (SSSR count). The summed E-state index contributed by atoms with van der Waals surface area (Å²) >= 11 is 0. The highest BCUT2D eigenvalue weighted by molar-refractivity contribution is 5.93. The number of anilines is 2. The Morgan fingerprint density at radius 2 is 1.72 bits per heavy atom. The van der Waals surface area contributed by atoms with Crippen LogP contribution < -0.4 is 15.5 Å². The number of benzene rings is 3. The number of aromatic amines is 1. The molecule has 6 aromatic rings. The van der Waals surface area contributed by atoms with Crippen molar-refractivity contribution in [2.75, 3.05) is 12.4 Å². The van der Waals surface area contributed by atoms with Crippen LogP contribution in [-0.4, -0.2) is 22.1 Å². The summed E-state index contributed by atoms with van der Waals surface area (Å²) in [7, 11) is 1.60. The predicted octanol–water partition coefficient (Wildman–Crippen LogP) is 6.76. The summed E-state index contributed by atoms with van der Waals surface area (Å²) < 4.78 is 35.0. The van der Waals surface area contributed by atoms with Crippen LogP contribution in [0.25, 0.3) is 32.9 Å². The monoisotopic (exact) mass is 520 g/mol. The van der Waals surface area contributed by atoms with Crippen LogP contribution in [0.15, 0.2) is 96.2 Å². The lowest BCUT2D eigenvalue weighted by atomic mass is 10.0. The lowest BCUT2D eigenvalue weighted by Crippen LogP contribution is -2.10. The van der Waals surface area contributed by atoms with Crippen molar-refractivity contribution >= 4 is 33.3 Å². The van der Waals surface area contributed by atoms with E-state index in [1.54, 1.807) is 49.7 Å². The molecule has 0 amide bonds. The molecule has 3 aromatic carbocycles. The van der Waals surface area contributed by atoms with E-state index in [0.29, 0.717) is 28.9 Å². The topological polar surface area (TPSA) is 79.9 Å². The molecule has 0 aliphatic rings. The summed E-state index contributed by atoms with van der Waals surface area (Å²) in [5, 5.41) is 4.24. The Balaban J connectivity index is 1.33. The van der Waals surface area contributed by atoms with Gasteiger partial charge in [-0.3, -0.25) is 9.78 Å². The molecule has 39 heavy (non-hydrogen) atoms. The van der Waals surface area contributed by atoms with E-state index in [9.17, 15) is 9.18 Å². The summed E-state index contributed by atoms with van der Waals surface area (Å²) in [6.45, 7) is 0. The molecule has 8 heteroatoms. The zero-order chi connectivity index (χ0) is 26.9. The van der Waals surface area contributed by atoms with E-state index in [0.717, 1.165) is 16.5 Å². The number of methoxy groups -OCH3 is 1. The Morgan fingerprint density at radius 1 is 0.872 bits per heavy atom. The van der Waals surface area contributed by atoms with E-state index in [2.05, 4.69) is 20.3 Å². The number of rotatable bonds is 6. The van der Waals surface area contributed by atoms with Gasteiger partial charge in [0, 0.05) is 53.3 Å². The number of aromatic nitrogens is 3. The fourth-order valence-electron chi connectivity index (χ4n) is 4.72. The first-order valence-corrected chi connectivity index (χ1v) is 12.2. The maximum absolute atomic E-state index is 15.3. The summed E-state index contributed by atoms with van der Waals surface area (Å²) in [4.78, 5) is 25.2. The van der Waals surface area contributed by atoms with E-state index in [1.807, 2.05) is 24.3 Å². The van der Waals surface area contributed by atoms with Crippen LogP contribution >= 0.6 is 0 Å². The van der Waals surface area contributed by atoms with Gasteiger partial charge in [-0.2, -0.15) is 0 Å². The van der Waals surface area contributed by atoms with E-state index in [1.165, 1.54) is 24.5 Å². The Labute approximate surface area is 222 Å². The zero-order valence-electron chi connectivity index (χ0n) is 20.8. The van der Waals surface area contributed by atoms with E-state index in [4.69, 9.17) is 4.74 Å². The first-order valence-electron chi connectivity index (χ1n) is 12.2. The van der Waals surface area contributed by atoms with Crippen molar-refractivity contribution in [2.24, 2.45) is 0 Å². The third-order valence-corrected chi connectivity index (χ3v) is 6.70. The van der Waals surface area contributed by atoms with Crippen LogP contribution in [0, 0.1) is 11.6 Å². The predicted molar refractivity (Wildman–Crippen MR) is 149 cm³/mol. The number of hydrogen-bond donors (Lipinski definition) is 2. The van der Waals surface area contributed by atoms with Crippen LogP contribution in [0.3, 0.4) is 0 Å². The van der Waals surface area contributed by atoms with Gasteiger partial charge in [0.15, 0.2) is 0 Å². The maximum atomic E-state index is 15.3. The highest BCUT2D eigenvalue weighted by Crippen LogP contribution is 2.28. The largest absolute Gasteiger partial charge is 0.497 e. The summed E-state index contributed by atoms with van der Waals surface area (Å²) in [6.07, 6.45) is 5.09. The Kier molecular flexibility index (Phi) is 6.20. The summed E-state index contributed by atoms with van der Waals surface area (Å²) in [5.74, 6) is 0.0445. The van der Waals surface area contributed by atoms with Crippen molar-refractivity contribution in [1.29, 1.82) is 0 Å². The molecule has 0 bridgehead atoms. The van der Waals surface area contributed by atoms with Crippen LogP contribution in [-0.2, 0) is 6.42 Å². The number of nitrogens with zero attached hydrogens (tertiary/aromatic N) is 2. The van der Waals surface area contributed by atoms with Crippen LogP contribution in [0.2, 0.25) is 0 Å². The van der Waals surface area contributed by atoms with Crippen LogP contribution in [0.4, 0.5) is 20.3 Å². The molecule has 192 valence electrons. The van der Waals surface area contributed by atoms with Gasteiger partial charge in [0.2, 0.25) is 5.43 Å². The fourth-order valence-corrected chi connectivity index (χ4v) is 4.72. The summed E-state index contributed by atoms with van der Waals surface area (Å²) in [6, 6.07) is 20.0. The number of ether oxygens (including phenoxy) is 1. The third-order valence-electron chi connectivity index (χ3n) is 6.70. The van der Waals surface area contributed by atoms with E-state index >= 15 is 4.39 Å². The maximum Gasteiger partial charge on any atom is 0.201 e. The van der Waals surface area contributed by atoms with E-state index in [-0.39, 0.29) is 27.8 Å². The van der Waals surface area contributed by atoms with Gasteiger partial charge < -0.3 is 15.0 Å². The molecule has 6 nitrogen and oxygen atoms in total. The molecule has 3 aromatic heterocycles. The van der Waals surface area contributed by atoms with Gasteiger partial charge in [0.1, 0.15) is 23.2 Å². The molecule has 2 N–H and O–H groups in total. The second-order valence-corrected chi connectivity index (χ2v) is 9.05. The number of H-pyrrole nitrogens is 1. The van der Waals surface area contributed by atoms with Gasteiger partial charge >= 0.3 is 0 Å². The van der Waals surface area contributed by atoms with Crippen molar-refractivity contribution in [2.45, 2.75) is 6.42 Å². The molecule has 0 aliphatic heterocycles. The minimum atomic E-state index is -0.500. The third kappa shape index (κ3) is 4.57. The molecule has 3 heterocycles. The lowest BCUT2D eigenvalue weighted by Gasteiger charge is -2.12. The zero-order valence-corrected chi connectivity index (χ0v) is 20.8. The highest BCUT2D eigenvalue weighted by Gasteiger charge is 2.15. The molecule has 0 atom stereocenters. The minimum absolute atomic E-state index is 0.181. The van der Waals surface area contributed by atoms with Crippen molar-refractivity contribution in [3.8, 4) is 16.9 Å². The molecule has 0 fully saturated rings. The van der Waals surface area contributed by atoms with E-state index < -0.39 is 11.6 Å². The molecule has 0 spiro atoms. The van der Waals surface area contributed by atoms with Gasteiger partial charge in [0.25, 0.3) is 0 Å². The van der Waals surface area contributed by atoms with Gasteiger partial charge in [-0.1, -0.05) is 24.3 Å². The highest BCUT2D eigenvalue weighted by atomic mass is 19.1. The first-order chi connectivity index (χ1) is 19.0. The quantitative estimate of drug-likeness (QED) is 0.254. The number of pyridine rings is 3. The Bertz CT molecular complexity index is 1920. The van der Waals surface area contributed by atoms with Crippen molar-refractivity contribution in [1.82, 2.24) is 15.0 Å². The van der Waals surface area contributed by atoms with Crippen molar-refractivity contribution < 1.29 is 13.5 Å². The number of fused-ring (bicyclic) bond motifs is 2. The lowest BCUT2D eigenvalue weighted by molar-refractivity contribution is 0.415. The van der Waals surface area contributed by atoms with Gasteiger partial charge in [-0.05, 0) is 53.6 Å². The molecule has 0 saturated heterocycles. The normalized spacial score (nSPS) is 11.2. The van der Waals surface area contributed by atoms with Crippen molar-refractivity contribution in [3.63, 3.8) is 0 Å². The van der Waals surface area contributed by atoms with Crippen molar-refractivity contribution in [3.05, 3.63) is 124 Å². The number of hydrogen-bond acceptors (Lipinski definition) is 5. The number of nitrogens with one attached hydrogen (secondary N) is 2. The minimum Gasteiger partial charge on any atom is -0.497 e. The number of halogens is 2. The SMILES string of the molecule is COc1ccc2c(Cc3ccc(Nc4nccc5[nH]cc(-c6ccccc6F)c(=O)c45)cc3F)ccnc2c1. The second kappa shape index (κ2) is 9.98. The smallest absolute Gasteiger partial charge is 0.201 e. The summed E-state index contributed by atoms with van der Waals surface area (Å²) in [5.41, 5.74) is 3.15. The molecule has 0 unspecified atom stereocenters. The molecule has 0 aliphatic carbocycles. The molecule has 0 saturated carbocycles. The fraction of sp³-hybridized carbons (Fsp3) is 0.0645.